The Bertz CT molecular complexity index is 525. The highest BCUT2D eigenvalue weighted by Crippen LogP contribution is 2.22. The average Bonchev–Trinajstić information content (AvgIpc) is 2.94. The highest BCUT2D eigenvalue weighted by molar-refractivity contribution is 6.34. The fraction of sp³-hybridized carbons (Fsp3) is 0.429. The standard InChI is InChI=1S/C14H18ClN3O2/c1-18(2)14(20)11-7-10(3-4-12(11)15)17-13(19)9-5-6-16-8-9/h3-4,7,9,16H,5-6,8H2,1-2H3,(H,17,19). The molecule has 1 unspecified atom stereocenters. The van der Waals surface area contributed by atoms with Crippen molar-refractivity contribution in [3.8, 4) is 0 Å². The van der Waals surface area contributed by atoms with Crippen LogP contribution in [0.4, 0.5) is 5.69 Å². The summed E-state index contributed by atoms with van der Waals surface area (Å²) in [4.78, 5) is 25.5. The van der Waals surface area contributed by atoms with Crippen molar-refractivity contribution in [1.29, 1.82) is 0 Å². The molecule has 1 aliphatic rings. The van der Waals surface area contributed by atoms with E-state index in [0.29, 0.717) is 22.8 Å². The first-order valence-corrected chi connectivity index (χ1v) is 6.89. The van der Waals surface area contributed by atoms with Gasteiger partial charge in [0, 0.05) is 26.3 Å². The summed E-state index contributed by atoms with van der Waals surface area (Å²) in [7, 11) is 3.32. The van der Waals surface area contributed by atoms with E-state index in [2.05, 4.69) is 10.6 Å². The molecule has 0 radical (unpaired) electrons. The summed E-state index contributed by atoms with van der Waals surface area (Å²) in [6.45, 7) is 1.56. The van der Waals surface area contributed by atoms with Crippen molar-refractivity contribution >= 4 is 29.1 Å². The lowest BCUT2D eigenvalue weighted by atomic mass is 10.1. The second-order valence-electron chi connectivity index (χ2n) is 5.07. The SMILES string of the molecule is CN(C)C(=O)c1cc(NC(=O)C2CCNC2)ccc1Cl. The van der Waals surface area contributed by atoms with E-state index >= 15 is 0 Å². The number of amides is 2. The summed E-state index contributed by atoms with van der Waals surface area (Å²) in [5, 5.41) is 6.37. The quantitative estimate of drug-likeness (QED) is 0.890. The first-order chi connectivity index (χ1) is 9.49. The Morgan fingerprint density at radius 3 is 2.75 bits per heavy atom. The lowest BCUT2D eigenvalue weighted by molar-refractivity contribution is -0.119. The van der Waals surface area contributed by atoms with E-state index in [0.717, 1.165) is 13.0 Å². The van der Waals surface area contributed by atoms with Gasteiger partial charge < -0.3 is 15.5 Å². The number of rotatable bonds is 3. The molecule has 0 aromatic heterocycles. The topological polar surface area (TPSA) is 61.4 Å². The Morgan fingerprint density at radius 1 is 1.40 bits per heavy atom. The fourth-order valence-electron chi connectivity index (χ4n) is 2.13. The predicted molar refractivity (Wildman–Crippen MR) is 79.1 cm³/mol. The van der Waals surface area contributed by atoms with Gasteiger partial charge in [-0.25, -0.2) is 0 Å². The molecule has 2 N–H and O–H groups in total. The Morgan fingerprint density at radius 2 is 2.15 bits per heavy atom. The van der Waals surface area contributed by atoms with E-state index in [1.54, 1.807) is 32.3 Å². The highest BCUT2D eigenvalue weighted by Gasteiger charge is 2.22. The Labute approximate surface area is 123 Å². The van der Waals surface area contributed by atoms with Crippen molar-refractivity contribution < 1.29 is 9.59 Å². The van der Waals surface area contributed by atoms with Crippen LogP contribution in [0.15, 0.2) is 18.2 Å². The van der Waals surface area contributed by atoms with Gasteiger partial charge in [-0.3, -0.25) is 9.59 Å². The first kappa shape index (κ1) is 14.8. The predicted octanol–water partition coefficient (Wildman–Crippen LogP) is 1.59. The van der Waals surface area contributed by atoms with Gasteiger partial charge >= 0.3 is 0 Å². The molecule has 1 aromatic carbocycles. The molecular formula is C14H18ClN3O2. The summed E-state index contributed by atoms with van der Waals surface area (Å²) >= 11 is 6.03. The normalized spacial score (nSPS) is 17.9. The Kier molecular flexibility index (Phi) is 4.62. The summed E-state index contributed by atoms with van der Waals surface area (Å²) in [5.41, 5.74) is 0.982. The number of carbonyl (C=O) groups excluding carboxylic acids is 2. The minimum Gasteiger partial charge on any atom is -0.345 e. The zero-order chi connectivity index (χ0) is 14.7. The Balaban J connectivity index is 2.14. The molecule has 5 nitrogen and oxygen atoms in total. The number of nitrogens with one attached hydrogen (secondary N) is 2. The van der Waals surface area contributed by atoms with Crippen LogP contribution in [-0.4, -0.2) is 43.9 Å². The molecule has 2 amide bonds. The number of benzene rings is 1. The smallest absolute Gasteiger partial charge is 0.254 e. The maximum absolute atomic E-state index is 12.0. The lowest BCUT2D eigenvalue weighted by Crippen LogP contribution is -2.25. The van der Waals surface area contributed by atoms with Gasteiger partial charge in [0.1, 0.15) is 0 Å². The van der Waals surface area contributed by atoms with E-state index in [9.17, 15) is 9.59 Å². The van der Waals surface area contributed by atoms with Crippen molar-refractivity contribution in [2.45, 2.75) is 6.42 Å². The van der Waals surface area contributed by atoms with Crippen LogP contribution in [0.3, 0.4) is 0 Å². The van der Waals surface area contributed by atoms with Crippen LogP contribution in [0.5, 0.6) is 0 Å². The van der Waals surface area contributed by atoms with E-state index in [1.165, 1.54) is 4.90 Å². The molecule has 1 aromatic rings. The number of halogens is 1. The summed E-state index contributed by atoms with van der Waals surface area (Å²) < 4.78 is 0. The van der Waals surface area contributed by atoms with Gasteiger partial charge in [-0.15, -0.1) is 0 Å². The average molecular weight is 296 g/mol. The molecule has 0 saturated carbocycles. The third-order valence-corrected chi connectivity index (χ3v) is 3.63. The molecular weight excluding hydrogens is 278 g/mol. The van der Waals surface area contributed by atoms with Crippen molar-refractivity contribution in [1.82, 2.24) is 10.2 Å². The number of nitrogens with zero attached hydrogens (tertiary/aromatic N) is 1. The van der Waals surface area contributed by atoms with E-state index < -0.39 is 0 Å². The highest BCUT2D eigenvalue weighted by atomic mass is 35.5. The number of carbonyl (C=O) groups is 2. The van der Waals surface area contributed by atoms with Crippen LogP contribution in [-0.2, 0) is 4.79 Å². The number of anilines is 1. The zero-order valence-electron chi connectivity index (χ0n) is 11.6. The maximum atomic E-state index is 12.0. The first-order valence-electron chi connectivity index (χ1n) is 6.52. The summed E-state index contributed by atoms with van der Waals surface area (Å²) in [6.07, 6.45) is 0.836. The molecule has 20 heavy (non-hydrogen) atoms. The van der Waals surface area contributed by atoms with Crippen LogP contribution < -0.4 is 10.6 Å². The van der Waals surface area contributed by atoms with E-state index in [4.69, 9.17) is 11.6 Å². The fourth-order valence-corrected chi connectivity index (χ4v) is 2.33. The van der Waals surface area contributed by atoms with Gasteiger partial charge in [0.2, 0.25) is 5.91 Å². The van der Waals surface area contributed by atoms with E-state index in [1.807, 2.05) is 0 Å². The number of hydrogen-bond donors (Lipinski definition) is 2. The molecule has 6 heteroatoms. The van der Waals surface area contributed by atoms with Crippen molar-refractivity contribution in [3.63, 3.8) is 0 Å². The molecule has 1 heterocycles. The number of hydrogen-bond acceptors (Lipinski definition) is 3. The van der Waals surface area contributed by atoms with Crippen LogP contribution in [0.25, 0.3) is 0 Å². The van der Waals surface area contributed by atoms with Crippen molar-refractivity contribution in [3.05, 3.63) is 28.8 Å². The van der Waals surface area contributed by atoms with E-state index in [-0.39, 0.29) is 17.7 Å². The minimum absolute atomic E-state index is 0.0151. The van der Waals surface area contributed by atoms with Crippen LogP contribution in [0.2, 0.25) is 5.02 Å². The van der Waals surface area contributed by atoms with Crippen LogP contribution in [0.1, 0.15) is 16.8 Å². The van der Waals surface area contributed by atoms with Crippen LogP contribution in [0, 0.1) is 5.92 Å². The molecule has 1 saturated heterocycles. The molecule has 108 valence electrons. The molecule has 0 aliphatic carbocycles. The summed E-state index contributed by atoms with van der Waals surface area (Å²) in [5.74, 6) is -0.229. The summed E-state index contributed by atoms with van der Waals surface area (Å²) in [6, 6.07) is 4.95. The molecule has 0 spiro atoms. The van der Waals surface area contributed by atoms with Crippen molar-refractivity contribution in [2.75, 3.05) is 32.5 Å². The molecule has 1 fully saturated rings. The van der Waals surface area contributed by atoms with Gasteiger partial charge in [0.25, 0.3) is 5.91 Å². The minimum atomic E-state index is -0.186. The molecule has 1 aliphatic heterocycles. The molecule has 1 atom stereocenters. The molecule has 2 rings (SSSR count). The molecule has 0 bridgehead atoms. The van der Waals surface area contributed by atoms with Gasteiger partial charge in [-0.05, 0) is 31.2 Å². The second kappa shape index (κ2) is 6.24. The zero-order valence-corrected chi connectivity index (χ0v) is 12.3. The van der Waals surface area contributed by atoms with Gasteiger partial charge in [0.15, 0.2) is 0 Å². The maximum Gasteiger partial charge on any atom is 0.254 e. The second-order valence-corrected chi connectivity index (χ2v) is 5.48. The third-order valence-electron chi connectivity index (χ3n) is 3.30. The van der Waals surface area contributed by atoms with Gasteiger partial charge in [0.05, 0.1) is 16.5 Å². The van der Waals surface area contributed by atoms with Gasteiger partial charge in [-0.1, -0.05) is 11.6 Å². The Hall–Kier alpha value is -1.59. The third kappa shape index (κ3) is 3.29. The van der Waals surface area contributed by atoms with Gasteiger partial charge in [-0.2, -0.15) is 0 Å². The monoisotopic (exact) mass is 295 g/mol. The van der Waals surface area contributed by atoms with Crippen LogP contribution >= 0.6 is 11.6 Å². The van der Waals surface area contributed by atoms with Crippen molar-refractivity contribution in [2.24, 2.45) is 5.92 Å². The lowest BCUT2D eigenvalue weighted by Gasteiger charge is -2.14. The largest absolute Gasteiger partial charge is 0.345 e.